The van der Waals surface area contributed by atoms with Gasteiger partial charge >= 0.3 is 0 Å². The van der Waals surface area contributed by atoms with Crippen LogP contribution in [0.2, 0.25) is 0 Å². The van der Waals surface area contributed by atoms with Gasteiger partial charge in [-0.2, -0.15) is 0 Å². The molecule has 2 aliphatic heterocycles. The lowest BCUT2D eigenvalue weighted by atomic mass is 9.98. The molecule has 0 spiro atoms. The van der Waals surface area contributed by atoms with Crippen LogP contribution >= 0.6 is 11.3 Å². The van der Waals surface area contributed by atoms with Crippen LogP contribution in [0.4, 0.5) is 0 Å². The van der Waals surface area contributed by atoms with Crippen molar-refractivity contribution in [2.24, 2.45) is 0 Å². The lowest BCUT2D eigenvalue weighted by molar-refractivity contribution is -0.141. The molecule has 28 heavy (non-hydrogen) atoms. The van der Waals surface area contributed by atoms with Gasteiger partial charge in [-0.05, 0) is 48.1 Å². The fourth-order valence-electron chi connectivity index (χ4n) is 4.62. The largest absolute Gasteiger partial charge is 0.507 e. The molecule has 5 rings (SSSR count). The van der Waals surface area contributed by atoms with Crippen LogP contribution < -0.4 is 4.74 Å². The number of thiophene rings is 1. The molecule has 1 saturated heterocycles. The van der Waals surface area contributed by atoms with Gasteiger partial charge in [0.2, 0.25) is 0 Å². The van der Waals surface area contributed by atoms with Gasteiger partial charge in [0.05, 0.1) is 18.2 Å². The van der Waals surface area contributed by atoms with Crippen LogP contribution in [-0.4, -0.2) is 34.3 Å². The van der Waals surface area contributed by atoms with Crippen LogP contribution in [0.3, 0.4) is 0 Å². The second-order valence-electron chi connectivity index (χ2n) is 7.58. The Morgan fingerprint density at radius 2 is 2.00 bits per heavy atom. The molecule has 5 nitrogen and oxygen atoms in total. The van der Waals surface area contributed by atoms with Crippen molar-refractivity contribution in [3.8, 4) is 5.75 Å². The number of benzene rings is 1. The Kier molecular flexibility index (Phi) is 4.23. The average Bonchev–Trinajstić information content (AvgIpc) is 3.49. The topological polar surface area (TPSA) is 66.8 Å². The molecule has 1 saturated carbocycles. The minimum atomic E-state index is -0.584. The molecule has 1 aromatic heterocycles. The lowest BCUT2D eigenvalue weighted by Gasteiger charge is -2.29. The first-order chi connectivity index (χ1) is 13.6. The first-order valence-electron chi connectivity index (χ1n) is 9.75. The van der Waals surface area contributed by atoms with E-state index in [1.165, 1.54) is 11.3 Å². The first kappa shape index (κ1) is 17.5. The third-order valence-corrected chi connectivity index (χ3v) is 6.90. The van der Waals surface area contributed by atoms with E-state index in [1.54, 1.807) is 11.0 Å². The summed E-state index contributed by atoms with van der Waals surface area (Å²) in [6.45, 7) is 0.626. The van der Waals surface area contributed by atoms with Gasteiger partial charge in [-0.15, -0.1) is 11.3 Å². The summed E-state index contributed by atoms with van der Waals surface area (Å²) in [6, 6.07) is 8.86. The Morgan fingerprint density at radius 3 is 2.75 bits per heavy atom. The smallest absolute Gasteiger partial charge is 0.295 e. The van der Waals surface area contributed by atoms with Crippen LogP contribution in [-0.2, 0) is 16.0 Å². The average molecular weight is 395 g/mol. The highest BCUT2D eigenvalue weighted by Gasteiger charge is 2.49. The third kappa shape index (κ3) is 2.66. The van der Waals surface area contributed by atoms with Gasteiger partial charge in [0.1, 0.15) is 11.5 Å². The third-order valence-electron chi connectivity index (χ3n) is 5.97. The van der Waals surface area contributed by atoms with Crippen molar-refractivity contribution in [2.75, 3.05) is 6.61 Å². The highest BCUT2D eigenvalue weighted by molar-refractivity contribution is 7.10. The number of likely N-dealkylation sites (tertiary alicyclic amines) is 1. The van der Waals surface area contributed by atoms with Crippen molar-refractivity contribution < 1.29 is 19.4 Å². The number of nitrogens with zero attached hydrogens (tertiary/aromatic N) is 1. The van der Waals surface area contributed by atoms with E-state index in [9.17, 15) is 14.7 Å². The molecule has 144 valence electrons. The number of carbonyl (C=O) groups excluding carboxylic acids is 2. The van der Waals surface area contributed by atoms with E-state index < -0.39 is 17.7 Å². The summed E-state index contributed by atoms with van der Waals surface area (Å²) in [5.74, 6) is -0.347. The second kappa shape index (κ2) is 6.78. The van der Waals surface area contributed by atoms with Crippen molar-refractivity contribution in [1.82, 2.24) is 4.90 Å². The number of ether oxygens (including phenoxy) is 1. The van der Waals surface area contributed by atoms with Gasteiger partial charge < -0.3 is 14.7 Å². The first-order valence-corrected chi connectivity index (χ1v) is 10.6. The molecule has 1 aliphatic carbocycles. The van der Waals surface area contributed by atoms with E-state index in [0.717, 1.165) is 48.3 Å². The molecular weight excluding hydrogens is 374 g/mol. The van der Waals surface area contributed by atoms with Crippen LogP contribution in [0, 0.1) is 0 Å². The van der Waals surface area contributed by atoms with Crippen molar-refractivity contribution in [3.05, 3.63) is 57.3 Å². The van der Waals surface area contributed by atoms with Crippen LogP contribution in [0.5, 0.6) is 5.75 Å². The Hall–Kier alpha value is -2.60. The molecule has 2 fully saturated rings. The van der Waals surface area contributed by atoms with Crippen molar-refractivity contribution >= 4 is 28.8 Å². The molecule has 3 heterocycles. The van der Waals surface area contributed by atoms with Gasteiger partial charge in [0, 0.05) is 22.9 Å². The SMILES string of the molecule is O=C1C(=O)N(C2CCCC2)C(c2cccs2)/C1=C(/O)c1ccc2c(c1)CCO2. The zero-order valence-electron chi connectivity index (χ0n) is 15.4. The molecule has 1 unspecified atom stereocenters. The number of aliphatic hydroxyl groups is 1. The number of aliphatic hydroxyl groups excluding tert-OH is 1. The summed E-state index contributed by atoms with van der Waals surface area (Å²) in [7, 11) is 0. The summed E-state index contributed by atoms with van der Waals surface area (Å²) in [4.78, 5) is 28.6. The molecular formula is C22H21NO4S. The highest BCUT2D eigenvalue weighted by atomic mass is 32.1. The van der Waals surface area contributed by atoms with Crippen molar-refractivity contribution in [3.63, 3.8) is 0 Å². The summed E-state index contributed by atoms with van der Waals surface area (Å²) in [5, 5.41) is 13.1. The molecule has 0 bridgehead atoms. The monoisotopic (exact) mass is 395 g/mol. The minimum Gasteiger partial charge on any atom is -0.507 e. The van der Waals surface area contributed by atoms with E-state index in [0.29, 0.717) is 12.2 Å². The van der Waals surface area contributed by atoms with E-state index >= 15 is 0 Å². The molecule has 1 amide bonds. The number of rotatable bonds is 3. The quantitative estimate of drug-likeness (QED) is 0.484. The van der Waals surface area contributed by atoms with Crippen LogP contribution in [0.1, 0.15) is 47.7 Å². The molecule has 1 atom stereocenters. The second-order valence-corrected chi connectivity index (χ2v) is 8.56. The predicted molar refractivity (Wildman–Crippen MR) is 106 cm³/mol. The van der Waals surface area contributed by atoms with Gasteiger partial charge in [-0.25, -0.2) is 0 Å². The maximum atomic E-state index is 13.0. The minimum absolute atomic E-state index is 0.0577. The van der Waals surface area contributed by atoms with Gasteiger partial charge in [-0.1, -0.05) is 18.9 Å². The summed E-state index contributed by atoms with van der Waals surface area (Å²) < 4.78 is 5.54. The number of carbonyl (C=O) groups is 2. The standard InChI is InChI=1S/C22H21NO4S/c24-20(14-7-8-16-13(12-14)9-10-27-16)18-19(17-6-3-11-28-17)23(22(26)21(18)25)15-4-1-2-5-15/h3,6-8,11-12,15,19,24H,1-2,4-5,9-10H2/b20-18-. The Balaban J connectivity index is 1.64. The normalized spacial score (nSPS) is 24.0. The summed E-state index contributed by atoms with van der Waals surface area (Å²) in [6.07, 6.45) is 4.72. The molecule has 3 aliphatic rings. The van der Waals surface area contributed by atoms with E-state index in [4.69, 9.17) is 4.74 Å². The Morgan fingerprint density at radius 1 is 1.18 bits per heavy atom. The van der Waals surface area contributed by atoms with E-state index in [-0.39, 0.29) is 17.4 Å². The van der Waals surface area contributed by atoms with E-state index in [1.807, 2.05) is 29.6 Å². The molecule has 1 aromatic carbocycles. The maximum absolute atomic E-state index is 13.0. The van der Waals surface area contributed by atoms with Crippen molar-refractivity contribution in [2.45, 2.75) is 44.2 Å². The summed E-state index contributed by atoms with van der Waals surface area (Å²) in [5.41, 5.74) is 1.79. The Labute approximate surface area is 167 Å². The fourth-order valence-corrected chi connectivity index (χ4v) is 5.46. The molecule has 0 radical (unpaired) electrons. The highest BCUT2D eigenvalue weighted by Crippen LogP contribution is 2.45. The number of hydrogen-bond acceptors (Lipinski definition) is 5. The molecule has 6 heteroatoms. The lowest BCUT2D eigenvalue weighted by Crippen LogP contribution is -2.37. The predicted octanol–water partition coefficient (Wildman–Crippen LogP) is 4.05. The Bertz CT molecular complexity index is 972. The van der Waals surface area contributed by atoms with E-state index in [2.05, 4.69) is 0 Å². The fraction of sp³-hybridized carbons (Fsp3) is 0.364. The van der Waals surface area contributed by atoms with Gasteiger partial charge in [-0.3, -0.25) is 9.59 Å². The number of ketones is 1. The molecule has 1 N–H and O–H groups in total. The zero-order chi connectivity index (χ0) is 19.3. The summed E-state index contributed by atoms with van der Waals surface area (Å²) >= 11 is 1.51. The van der Waals surface area contributed by atoms with Gasteiger partial charge in [0.15, 0.2) is 0 Å². The van der Waals surface area contributed by atoms with Crippen molar-refractivity contribution in [1.29, 1.82) is 0 Å². The van der Waals surface area contributed by atoms with Crippen LogP contribution in [0.25, 0.3) is 5.76 Å². The number of fused-ring (bicyclic) bond motifs is 1. The zero-order valence-corrected chi connectivity index (χ0v) is 16.2. The number of amides is 1. The maximum Gasteiger partial charge on any atom is 0.295 e. The van der Waals surface area contributed by atoms with Crippen LogP contribution in [0.15, 0.2) is 41.3 Å². The number of hydrogen-bond donors (Lipinski definition) is 1. The number of Topliss-reactive ketones (excluding diaryl/α,β-unsaturated/α-hetero) is 1. The molecule has 2 aromatic rings. The van der Waals surface area contributed by atoms with Gasteiger partial charge in [0.25, 0.3) is 11.7 Å².